The van der Waals surface area contributed by atoms with Crippen molar-refractivity contribution in [3.63, 3.8) is 0 Å². The van der Waals surface area contributed by atoms with Crippen molar-refractivity contribution in [1.82, 2.24) is 20.2 Å². The predicted octanol–water partition coefficient (Wildman–Crippen LogP) is 2.17. The first-order valence-corrected chi connectivity index (χ1v) is 8.32. The monoisotopic (exact) mass is 334 g/mol. The van der Waals surface area contributed by atoms with E-state index in [1.165, 1.54) is 11.8 Å². The van der Waals surface area contributed by atoms with E-state index in [1.807, 2.05) is 19.1 Å². The highest BCUT2D eigenvalue weighted by Crippen LogP contribution is 2.50. The summed E-state index contributed by atoms with van der Waals surface area (Å²) in [5.74, 6) is 1.03. The first-order chi connectivity index (χ1) is 12.1. The number of nitrogens with zero attached hydrogens (tertiary/aromatic N) is 2. The molecule has 1 aromatic carbocycles. The SMILES string of the molecule is Cc1nnc(-c2c[nH]c(=O)[nH]c2=O)cc1C1CC1Cc1ccccc1. The maximum atomic E-state index is 12.0. The molecule has 2 atom stereocenters. The van der Waals surface area contributed by atoms with Gasteiger partial charge in [-0.1, -0.05) is 30.3 Å². The third-order valence-corrected chi connectivity index (χ3v) is 4.78. The van der Waals surface area contributed by atoms with E-state index in [0.717, 1.165) is 24.1 Å². The van der Waals surface area contributed by atoms with Gasteiger partial charge in [-0.25, -0.2) is 4.79 Å². The van der Waals surface area contributed by atoms with E-state index in [9.17, 15) is 9.59 Å². The van der Waals surface area contributed by atoms with Crippen LogP contribution in [-0.2, 0) is 6.42 Å². The van der Waals surface area contributed by atoms with Crippen LogP contribution in [0, 0.1) is 12.8 Å². The third kappa shape index (κ3) is 3.15. The number of H-pyrrole nitrogens is 2. The van der Waals surface area contributed by atoms with Crippen LogP contribution >= 0.6 is 0 Å². The Hall–Kier alpha value is -3.02. The van der Waals surface area contributed by atoms with E-state index in [4.69, 9.17) is 0 Å². The zero-order valence-corrected chi connectivity index (χ0v) is 13.8. The molecule has 0 amide bonds. The van der Waals surface area contributed by atoms with Gasteiger partial charge in [0.1, 0.15) is 5.69 Å². The van der Waals surface area contributed by atoms with Crippen LogP contribution in [0.2, 0.25) is 0 Å². The molecule has 1 saturated carbocycles. The molecule has 6 heteroatoms. The third-order valence-electron chi connectivity index (χ3n) is 4.78. The normalized spacial score (nSPS) is 18.9. The van der Waals surface area contributed by atoms with Gasteiger partial charge in [-0.05, 0) is 48.8 Å². The fourth-order valence-corrected chi connectivity index (χ4v) is 3.35. The lowest BCUT2D eigenvalue weighted by Gasteiger charge is -2.07. The van der Waals surface area contributed by atoms with E-state index in [2.05, 4.69) is 44.4 Å². The van der Waals surface area contributed by atoms with Crippen molar-refractivity contribution < 1.29 is 0 Å². The molecule has 2 aromatic heterocycles. The molecule has 2 heterocycles. The van der Waals surface area contributed by atoms with Crippen molar-refractivity contribution >= 4 is 0 Å². The zero-order chi connectivity index (χ0) is 17.4. The highest BCUT2D eigenvalue weighted by molar-refractivity contribution is 5.57. The molecular weight excluding hydrogens is 316 g/mol. The number of hydrogen-bond donors (Lipinski definition) is 2. The maximum absolute atomic E-state index is 12.0. The van der Waals surface area contributed by atoms with Gasteiger partial charge in [-0.2, -0.15) is 5.10 Å². The Bertz CT molecular complexity index is 1020. The Labute approximate surface area is 144 Å². The average Bonchev–Trinajstić information content (AvgIpc) is 3.35. The molecule has 0 spiro atoms. The van der Waals surface area contributed by atoms with Crippen LogP contribution in [-0.4, -0.2) is 20.2 Å². The minimum Gasteiger partial charge on any atom is -0.313 e. The van der Waals surface area contributed by atoms with Crippen LogP contribution in [0.1, 0.15) is 29.2 Å². The molecule has 3 aromatic rings. The van der Waals surface area contributed by atoms with Crippen LogP contribution in [0.3, 0.4) is 0 Å². The van der Waals surface area contributed by atoms with Crippen LogP contribution in [0.15, 0.2) is 52.2 Å². The Balaban J connectivity index is 1.61. The van der Waals surface area contributed by atoms with Gasteiger partial charge >= 0.3 is 5.69 Å². The van der Waals surface area contributed by atoms with Crippen molar-refractivity contribution in [2.24, 2.45) is 5.92 Å². The molecule has 1 aliphatic carbocycles. The number of hydrogen-bond acceptors (Lipinski definition) is 4. The van der Waals surface area contributed by atoms with Crippen molar-refractivity contribution in [3.8, 4) is 11.3 Å². The minimum atomic E-state index is -0.529. The fraction of sp³-hybridized carbons (Fsp3) is 0.263. The minimum absolute atomic E-state index is 0.327. The molecule has 0 saturated heterocycles. The predicted molar refractivity (Wildman–Crippen MR) is 94.4 cm³/mol. The summed E-state index contributed by atoms with van der Waals surface area (Å²) < 4.78 is 0. The standard InChI is InChI=1S/C19H18N4O2/c1-11-14(15-8-13(15)7-12-5-3-2-4-6-12)9-17(23-22-11)16-10-20-19(25)21-18(16)24/h2-6,9-10,13,15H,7-8H2,1H3,(H2,20,21,24,25). The summed E-state index contributed by atoms with van der Waals surface area (Å²) in [6.45, 7) is 1.95. The van der Waals surface area contributed by atoms with E-state index in [0.29, 0.717) is 23.1 Å². The van der Waals surface area contributed by atoms with E-state index >= 15 is 0 Å². The number of nitrogens with one attached hydrogen (secondary N) is 2. The molecule has 4 rings (SSSR count). The van der Waals surface area contributed by atoms with Crippen molar-refractivity contribution in [2.75, 3.05) is 0 Å². The maximum Gasteiger partial charge on any atom is 0.325 e. The van der Waals surface area contributed by atoms with Crippen molar-refractivity contribution in [3.05, 3.63) is 80.3 Å². The van der Waals surface area contributed by atoms with E-state index in [-0.39, 0.29) is 0 Å². The Kier molecular flexibility index (Phi) is 3.80. The molecule has 126 valence electrons. The second-order valence-electron chi connectivity index (χ2n) is 6.55. The zero-order valence-electron chi connectivity index (χ0n) is 13.8. The first kappa shape index (κ1) is 15.5. The Morgan fingerprint density at radius 1 is 1.16 bits per heavy atom. The molecule has 2 N–H and O–H groups in total. The summed E-state index contributed by atoms with van der Waals surface area (Å²) >= 11 is 0. The van der Waals surface area contributed by atoms with Gasteiger partial charge in [0.15, 0.2) is 0 Å². The summed E-state index contributed by atoms with van der Waals surface area (Å²) in [4.78, 5) is 27.9. The van der Waals surface area contributed by atoms with Crippen LogP contribution in [0.25, 0.3) is 11.3 Å². The summed E-state index contributed by atoms with van der Waals surface area (Å²) in [5.41, 5.74) is 3.20. The molecule has 1 fully saturated rings. The number of benzene rings is 1. The Morgan fingerprint density at radius 2 is 1.96 bits per heavy atom. The second-order valence-corrected chi connectivity index (χ2v) is 6.55. The summed E-state index contributed by atoms with van der Waals surface area (Å²) in [5, 5.41) is 8.35. The van der Waals surface area contributed by atoms with Gasteiger partial charge in [0, 0.05) is 6.20 Å². The van der Waals surface area contributed by atoms with Crippen LogP contribution in [0.4, 0.5) is 0 Å². The largest absolute Gasteiger partial charge is 0.325 e. The number of aromatic nitrogens is 4. The van der Waals surface area contributed by atoms with Crippen LogP contribution in [0.5, 0.6) is 0 Å². The van der Waals surface area contributed by atoms with Gasteiger partial charge in [0.05, 0.1) is 11.3 Å². The lowest BCUT2D eigenvalue weighted by atomic mass is 10.0. The molecule has 2 unspecified atom stereocenters. The van der Waals surface area contributed by atoms with Gasteiger partial charge in [-0.3, -0.25) is 9.78 Å². The van der Waals surface area contributed by atoms with Gasteiger partial charge in [-0.15, -0.1) is 5.10 Å². The fourth-order valence-electron chi connectivity index (χ4n) is 3.35. The Morgan fingerprint density at radius 3 is 2.72 bits per heavy atom. The summed E-state index contributed by atoms with van der Waals surface area (Å²) in [6.07, 6.45) is 3.54. The van der Waals surface area contributed by atoms with Crippen molar-refractivity contribution in [1.29, 1.82) is 0 Å². The molecule has 0 aliphatic heterocycles. The summed E-state index contributed by atoms with van der Waals surface area (Å²) in [7, 11) is 0. The summed E-state index contributed by atoms with van der Waals surface area (Å²) in [6, 6.07) is 12.4. The number of rotatable bonds is 4. The van der Waals surface area contributed by atoms with Crippen molar-refractivity contribution in [2.45, 2.75) is 25.7 Å². The molecule has 0 bridgehead atoms. The lowest BCUT2D eigenvalue weighted by molar-refractivity contribution is 0.784. The number of aryl methyl sites for hydroxylation is 1. The van der Waals surface area contributed by atoms with Gasteiger partial charge in [0.25, 0.3) is 5.56 Å². The second kappa shape index (κ2) is 6.12. The topological polar surface area (TPSA) is 91.5 Å². The van der Waals surface area contributed by atoms with E-state index in [1.54, 1.807) is 0 Å². The average molecular weight is 334 g/mol. The molecule has 6 nitrogen and oxygen atoms in total. The van der Waals surface area contributed by atoms with E-state index < -0.39 is 11.2 Å². The molecule has 25 heavy (non-hydrogen) atoms. The lowest BCUT2D eigenvalue weighted by Crippen LogP contribution is -2.23. The molecule has 1 aliphatic rings. The first-order valence-electron chi connectivity index (χ1n) is 8.32. The molecule has 0 radical (unpaired) electrons. The van der Waals surface area contributed by atoms with Gasteiger partial charge < -0.3 is 4.98 Å². The van der Waals surface area contributed by atoms with Crippen LogP contribution < -0.4 is 11.2 Å². The smallest absolute Gasteiger partial charge is 0.313 e. The highest BCUT2D eigenvalue weighted by atomic mass is 16.2. The highest BCUT2D eigenvalue weighted by Gasteiger charge is 2.39. The molecular formula is C19H18N4O2. The quantitative estimate of drug-likeness (QED) is 0.765. The van der Waals surface area contributed by atoms with Gasteiger partial charge in [0.2, 0.25) is 0 Å². The number of aromatic amines is 2.